The van der Waals surface area contributed by atoms with Gasteiger partial charge in [0, 0.05) is 20.5 Å². The Bertz CT molecular complexity index is 1520. The van der Waals surface area contributed by atoms with Crippen LogP contribution in [0.15, 0.2) is 57.9 Å². The minimum Gasteiger partial charge on any atom is -0.242 e. The Morgan fingerprint density at radius 2 is 1.03 bits per heavy atom. The van der Waals surface area contributed by atoms with Gasteiger partial charge in [0.1, 0.15) is 11.0 Å². The summed E-state index contributed by atoms with van der Waals surface area (Å²) in [5, 5.41) is 11.0. The lowest BCUT2D eigenvalue weighted by atomic mass is 10.1. The van der Waals surface area contributed by atoms with Crippen LogP contribution in [-0.2, 0) is 0 Å². The quantitative estimate of drug-likeness (QED) is 0.257. The third-order valence-electron chi connectivity index (χ3n) is 5.07. The van der Waals surface area contributed by atoms with Crippen LogP contribution in [0.5, 0.6) is 0 Å². The van der Waals surface area contributed by atoms with E-state index in [1.807, 2.05) is 11.3 Å². The lowest BCUT2D eigenvalue weighted by molar-refractivity contribution is 1.44. The highest BCUT2D eigenvalue weighted by Crippen LogP contribution is 2.47. The third kappa shape index (κ3) is 2.30. The largest absolute Gasteiger partial charge is 0.242 e. The first kappa shape index (κ1) is 16.6. The number of rotatable bonds is 2. The van der Waals surface area contributed by atoms with Crippen LogP contribution in [0, 0.1) is 0 Å². The zero-order chi connectivity index (χ0) is 18.9. The molecule has 0 spiro atoms. The van der Waals surface area contributed by atoms with Gasteiger partial charge >= 0.3 is 0 Å². The standard InChI is InChI=1S/C22H10N2S5/c1-3-13(25-7-1)21-17-18(22(29-21)14-4-2-8-26-14)24-16-12-6-10-28-20(12)19-11(5-9-27-19)15(16)23-17/h1-10H. The van der Waals surface area contributed by atoms with Crippen LogP contribution in [-0.4, -0.2) is 9.97 Å². The molecule has 0 aliphatic heterocycles. The molecule has 6 aromatic heterocycles. The molecule has 0 saturated carbocycles. The highest BCUT2D eigenvalue weighted by molar-refractivity contribution is 7.27. The van der Waals surface area contributed by atoms with E-state index in [-0.39, 0.29) is 0 Å². The molecule has 0 fully saturated rings. The van der Waals surface area contributed by atoms with E-state index in [2.05, 4.69) is 57.9 Å². The van der Waals surface area contributed by atoms with Crippen LogP contribution in [0.2, 0.25) is 0 Å². The fourth-order valence-electron chi connectivity index (χ4n) is 3.82. The molecule has 0 bridgehead atoms. The van der Waals surface area contributed by atoms with Crippen molar-refractivity contribution in [2.45, 2.75) is 0 Å². The predicted octanol–water partition coefficient (Wildman–Crippen LogP) is 8.73. The van der Waals surface area contributed by atoms with Gasteiger partial charge in [-0.1, -0.05) is 12.1 Å². The lowest BCUT2D eigenvalue weighted by Gasteiger charge is -2.04. The summed E-state index contributed by atoms with van der Waals surface area (Å²) in [5.41, 5.74) is 4.09. The van der Waals surface area contributed by atoms with Gasteiger partial charge in [-0.3, -0.25) is 0 Å². The van der Waals surface area contributed by atoms with Crippen molar-refractivity contribution in [3.63, 3.8) is 0 Å². The van der Waals surface area contributed by atoms with E-state index in [1.54, 1.807) is 45.3 Å². The van der Waals surface area contributed by atoms with Crippen LogP contribution in [0.3, 0.4) is 0 Å². The van der Waals surface area contributed by atoms with Crippen LogP contribution in [0.25, 0.3) is 61.7 Å². The molecule has 7 heteroatoms. The maximum Gasteiger partial charge on any atom is 0.110 e. The van der Waals surface area contributed by atoms with E-state index < -0.39 is 0 Å². The summed E-state index contributed by atoms with van der Waals surface area (Å²) in [7, 11) is 0. The molecule has 1 aromatic carbocycles. The molecule has 0 radical (unpaired) electrons. The fraction of sp³-hybridized carbons (Fsp3) is 0. The van der Waals surface area contributed by atoms with Crippen molar-refractivity contribution in [2.24, 2.45) is 0 Å². The van der Waals surface area contributed by atoms with Gasteiger partial charge < -0.3 is 0 Å². The van der Waals surface area contributed by atoms with Crippen LogP contribution >= 0.6 is 56.7 Å². The highest BCUT2D eigenvalue weighted by atomic mass is 32.1. The molecule has 2 nitrogen and oxygen atoms in total. The van der Waals surface area contributed by atoms with Gasteiger partial charge in [0.25, 0.3) is 0 Å². The maximum absolute atomic E-state index is 5.26. The first-order chi connectivity index (χ1) is 14.4. The molecule has 7 aromatic rings. The third-order valence-corrected chi connectivity index (χ3v) is 10.3. The second-order valence-corrected chi connectivity index (χ2v) is 11.4. The summed E-state index contributed by atoms with van der Waals surface area (Å²) in [6.07, 6.45) is 0. The minimum atomic E-state index is 1.02. The van der Waals surface area contributed by atoms with E-state index in [0.29, 0.717) is 0 Å². The average Bonchev–Trinajstić information content (AvgIpc) is 3.56. The first-order valence-electron chi connectivity index (χ1n) is 8.97. The van der Waals surface area contributed by atoms with Crippen molar-refractivity contribution in [3.05, 3.63) is 57.9 Å². The fourth-order valence-corrected chi connectivity index (χ4v) is 8.69. The molecule has 7 rings (SSSR count). The highest BCUT2D eigenvalue weighted by Gasteiger charge is 2.21. The topological polar surface area (TPSA) is 25.8 Å². The zero-order valence-corrected chi connectivity index (χ0v) is 18.8. The molecule has 6 heterocycles. The normalized spacial score (nSPS) is 12.1. The SMILES string of the molecule is c1csc(-c2sc(-c3cccs3)c3nc4c5ccsc5c5sccc5c4nc23)c1. The number of hydrogen-bond acceptors (Lipinski definition) is 7. The number of benzene rings is 1. The summed E-state index contributed by atoms with van der Waals surface area (Å²) < 4.78 is 2.64. The monoisotopic (exact) mass is 462 g/mol. The number of thiophene rings is 5. The van der Waals surface area contributed by atoms with E-state index in [9.17, 15) is 0 Å². The minimum absolute atomic E-state index is 1.02. The van der Waals surface area contributed by atoms with Gasteiger partial charge in [0.2, 0.25) is 0 Å². The van der Waals surface area contributed by atoms with Crippen molar-refractivity contribution in [3.8, 4) is 19.5 Å². The number of fused-ring (bicyclic) bond motifs is 7. The van der Waals surface area contributed by atoms with E-state index >= 15 is 0 Å². The van der Waals surface area contributed by atoms with Crippen molar-refractivity contribution >= 4 is 98.9 Å². The molecule has 29 heavy (non-hydrogen) atoms. The molecule has 0 saturated heterocycles. The molecule has 0 atom stereocenters. The Labute approximate surface area is 185 Å². The molecule has 138 valence electrons. The molecule has 0 amide bonds. The zero-order valence-electron chi connectivity index (χ0n) is 14.7. The van der Waals surface area contributed by atoms with Crippen molar-refractivity contribution in [1.82, 2.24) is 9.97 Å². The second kappa shape index (κ2) is 6.17. The van der Waals surface area contributed by atoms with Crippen LogP contribution in [0.4, 0.5) is 0 Å². The van der Waals surface area contributed by atoms with Crippen molar-refractivity contribution < 1.29 is 0 Å². The Balaban J connectivity index is 1.72. The maximum atomic E-state index is 5.26. The van der Waals surface area contributed by atoms with Gasteiger partial charge in [-0.25, -0.2) is 9.97 Å². The van der Waals surface area contributed by atoms with Gasteiger partial charge in [-0.15, -0.1) is 56.7 Å². The lowest BCUT2D eigenvalue weighted by Crippen LogP contribution is -1.88. The summed E-state index contributed by atoms with van der Waals surface area (Å²) in [4.78, 5) is 15.5. The van der Waals surface area contributed by atoms with Gasteiger partial charge in [-0.2, -0.15) is 0 Å². The number of nitrogens with zero attached hydrogens (tertiary/aromatic N) is 2. The molecule has 0 aliphatic rings. The smallest absolute Gasteiger partial charge is 0.110 e. The second-order valence-electron chi connectivity index (χ2n) is 6.66. The van der Waals surface area contributed by atoms with Gasteiger partial charge in [0.15, 0.2) is 0 Å². The Morgan fingerprint density at radius 3 is 1.48 bits per heavy atom. The summed E-state index contributed by atoms with van der Waals surface area (Å²) in [6.45, 7) is 0. The Morgan fingerprint density at radius 1 is 0.517 bits per heavy atom. The number of hydrogen-bond donors (Lipinski definition) is 0. The molecule has 0 N–H and O–H groups in total. The Hall–Kier alpha value is -2.16. The van der Waals surface area contributed by atoms with E-state index in [1.165, 1.54) is 39.7 Å². The molecular weight excluding hydrogens is 453 g/mol. The molecule has 0 aliphatic carbocycles. The first-order valence-corrected chi connectivity index (χ1v) is 13.3. The summed E-state index contributed by atoms with van der Waals surface area (Å²) in [5.74, 6) is 0. The summed E-state index contributed by atoms with van der Waals surface area (Å²) in [6, 6.07) is 13.0. The predicted molar refractivity (Wildman–Crippen MR) is 132 cm³/mol. The van der Waals surface area contributed by atoms with Crippen LogP contribution in [0.1, 0.15) is 0 Å². The Kier molecular flexibility index (Phi) is 3.53. The van der Waals surface area contributed by atoms with Crippen LogP contribution < -0.4 is 0 Å². The molecule has 0 unspecified atom stereocenters. The number of aromatic nitrogens is 2. The van der Waals surface area contributed by atoms with E-state index in [0.717, 1.165) is 22.1 Å². The summed E-state index contributed by atoms with van der Waals surface area (Å²) >= 11 is 8.94. The van der Waals surface area contributed by atoms with E-state index in [4.69, 9.17) is 9.97 Å². The van der Waals surface area contributed by atoms with Gasteiger partial charge in [0.05, 0.1) is 30.2 Å². The van der Waals surface area contributed by atoms with Crippen molar-refractivity contribution in [1.29, 1.82) is 0 Å². The van der Waals surface area contributed by atoms with Crippen molar-refractivity contribution in [2.75, 3.05) is 0 Å². The van der Waals surface area contributed by atoms with Gasteiger partial charge in [-0.05, 0) is 45.8 Å². The average molecular weight is 463 g/mol. The molecular formula is C22H10N2S5.